The van der Waals surface area contributed by atoms with E-state index in [4.69, 9.17) is 11.6 Å². The van der Waals surface area contributed by atoms with Crippen LogP contribution in [0.1, 0.15) is 163 Å². The van der Waals surface area contributed by atoms with Crippen molar-refractivity contribution in [1.82, 2.24) is 57.8 Å². The number of aromatic nitrogens is 8. The lowest BCUT2D eigenvalue weighted by molar-refractivity contribution is 0.0373. The first-order valence-corrected chi connectivity index (χ1v) is 40.5. The smallest absolute Gasteiger partial charge is 0.148 e. The van der Waals surface area contributed by atoms with Gasteiger partial charge in [0.2, 0.25) is 0 Å². The molecule has 112 heavy (non-hydrogen) atoms. The Morgan fingerprint density at radius 1 is 0.384 bits per heavy atom. The molecule has 12 aromatic rings. The van der Waals surface area contributed by atoms with Gasteiger partial charge in [0.1, 0.15) is 45.7 Å². The number of aliphatic hydroxyl groups is 4. The normalized spacial score (nSPS) is 21.5. The Labute approximate surface area is 656 Å². The summed E-state index contributed by atoms with van der Waals surface area (Å²) in [7, 11) is 0. The van der Waals surface area contributed by atoms with Gasteiger partial charge in [-0.15, -0.1) is 0 Å². The predicted octanol–water partition coefficient (Wildman–Crippen LogP) is 16.0. The molecule has 8 atom stereocenters. The molecule has 8 aromatic heterocycles. The summed E-state index contributed by atoms with van der Waals surface area (Å²) in [6.45, 7) is 22.3. The van der Waals surface area contributed by atoms with Crippen LogP contribution in [0.3, 0.4) is 0 Å². The largest absolute Gasteiger partial charge is 0.384 e. The zero-order valence-electron chi connectivity index (χ0n) is 65.2. The van der Waals surface area contributed by atoms with Crippen LogP contribution in [0, 0.1) is 44.0 Å². The van der Waals surface area contributed by atoms with Gasteiger partial charge < -0.3 is 38.7 Å². The van der Waals surface area contributed by atoms with E-state index < -0.39 is 22.4 Å². The zero-order chi connectivity index (χ0) is 77.9. The fourth-order valence-electron chi connectivity index (χ4n) is 20.4. The standard InChI is InChI=1S/3C23H26FN3O.C22H23ClFN3O/c1-15-9-17(24)10-19-20-13-26-8-4-6-18(26)11-21(20)27(22(15)19)14-23(2,28)16-5-3-7-25-12-16;1-15-9-18-19-13-26-8-4-6-17(26)11-21(19)27(22(18)20(24)10-15)14-23(2,28)16-5-3-7-25-12-16;1-15-10-18-19-13-26-9-3-4-17(26)12-21(19)27(22(18)20(24)11-15)14-23(2,28)16-5-7-25-8-6-16;1-22(28,14-4-2-6-25-11-14)13-27-20-10-16-5-3-7-26(16)12-18(20)17-8-15(23)9-19(24)21(17)27/h3,5,7,9-10,12,18,28H,4,6,8,11,13-14H2,1-2H3;3,5,7,9-10,12,17,28H,4,6,8,11,13-14H2,1-2H3;5-8,10-11,17,28H,3-4,9,12-14H2,1-2H3;2,4,6,8-9,11,16,28H,3,5,7,10,12-13H2,1H3. The van der Waals surface area contributed by atoms with Gasteiger partial charge in [-0.1, -0.05) is 29.8 Å². The van der Waals surface area contributed by atoms with E-state index in [1.165, 1.54) is 91.2 Å². The maximum absolute atomic E-state index is 15.1. The molecule has 16 nitrogen and oxygen atoms in total. The van der Waals surface area contributed by atoms with Gasteiger partial charge >= 0.3 is 0 Å². The molecule has 584 valence electrons. The average molecular weight is 1540 g/mol. The van der Waals surface area contributed by atoms with Crippen molar-refractivity contribution in [3.63, 3.8) is 0 Å². The Balaban J connectivity index is 0.000000108. The second-order valence-electron chi connectivity index (χ2n) is 34.2. The molecule has 4 saturated heterocycles. The van der Waals surface area contributed by atoms with E-state index in [1.54, 1.807) is 94.6 Å². The van der Waals surface area contributed by atoms with Gasteiger partial charge in [-0.05, 0) is 249 Å². The first-order valence-electron chi connectivity index (χ1n) is 40.1. The number of fused-ring (bicyclic) bond motifs is 16. The molecule has 0 radical (unpaired) electrons. The molecule has 4 N–H and O–H groups in total. The molecule has 4 fully saturated rings. The first kappa shape index (κ1) is 76.0. The highest BCUT2D eigenvalue weighted by atomic mass is 35.5. The molecule has 0 spiro atoms. The van der Waals surface area contributed by atoms with Crippen LogP contribution in [-0.2, 0) is 100 Å². The average Bonchev–Trinajstić information content (AvgIpc) is 1.60. The Hall–Kier alpha value is -8.67. The molecular weight excluding hydrogens is 1440 g/mol. The third-order valence-electron chi connectivity index (χ3n) is 26.0. The lowest BCUT2D eigenvalue weighted by atomic mass is 9.96. The summed E-state index contributed by atoms with van der Waals surface area (Å²) in [5.41, 5.74) is 13.9. The van der Waals surface area contributed by atoms with Gasteiger partial charge in [-0.2, -0.15) is 0 Å². The number of hydrogen-bond acceptors (Lipinski definition) is 12. The number of halogens is 5. The summed E-state index contributed by atoms with van der Waals surface area (Å²) in [5, 5.41) is 49.3. The second-order valence-corrected chi connectivity index (χ2v) is 34.6. The number of nitrogens with zero attached hydrogens (tertiary/aromatic N) is 12. The molecule has 0 saturated carbocycles. The fourth-order valence-corrected chi connectivity index (χ4v) is 20.6. The topological polar surface area (TPSA) is 165 Å². The summed E-state index contributed by atoms with van der Waals surface area (Å²) >= 11 is 6.20. The highest BCUT2D eigenvalue weighted by Gasteiger charge is 2.42. The molecular formula is C91H101ClF4N12O4. The minimum atomic E-state index is -1.16. The fraction of sp³-hybridized carbons (Fsp3) is 0.429. The molecule has 16 heterocycles. The number of pyridine rings is 4. The van der Waals surface area contributed by atoms with Crippen molar-refractivity contribution >= 4 is 55.2 Å². The quantitative estimate of drug-likeness (QED) is 0.0857. The molecule has 20 rings (SSSR count). The van der Waals surface area contributed by atoms with Crippen LogP contribution >= 0.6 is 11.6 Å². The molecule has 0 amide bonds. The van der Waals surface area contributed by atoms with Crippen LogP contribution in [0.15, 0.2) is 147 Å². The molecule has 8 unspecified atom stereocenters. The molecule has 8 aliphatic heterocycles. The Morgan fingerprint density at radius 2 is 0.705 bits per heavy atom. The van der Waals surface area contributed by atoms with Gasteiger partial charge in [0.05, 0.1) is 48.2 Å². The van der Waals surface area contributed by atoms with Crippen LogP contribution in [0.2, 0.25) is 5.02 Å². The lowest BCUT2D eigenvalue weighted by Crippen LogP contribution is -2.37. The van der Waals surface area contributed by atoms with Crippen LogP contribution in [-0.4, -0.2) is 129 Å². The SMILES string of the molecule is CC(O)(Cn1c2c(c3cc(Cl)cc(F)c31)CN1CCCC1C2)c1cccnc1.Cc1cc(F)c2c(c1)c1c(n2CC(C)(O)c2cccnc2)CC2CCCN2C1.Cc1cc(F)c2c(c1)c1c(n2CC(C)(O)c2ccncc2)CC2CCCN2C1.Cc1cc(F)cc2c3c(n(CC(C)(O)c4cccnc4)c12)CC1CCCN1C3. The second kappa shape index (κ2) is 29.9. The monoisotopic (exact) mass is 1540 g/mol. The van der Waals surface area contributed by atoms with Crippen molar-refractivity contribution in [2.75, 3.05) is 26.2 Å². The van der Waals surface area contributed by atoms with Crippen molar-refractivity contribution in [2.45, 2.75) is 224 Å². The molecule has 0 bridgehead atoms. The van der Waals surface area contributed by atoms with Gasteiger partial charge in [-0.3, -0.25) is 39.5 Å². The number of hydrogen-bond donors (Lipinski definition) is 4. The van der Waals surface area contributed by atoms with Crippen molar-refractivity contribution in [3.05, 3.63) is 259 Å². The summed E-state index contributed by atoms with van der Waals surface area (Å²) in [6.07, 6.45) is 26.9. The van der Waals surface area contributed by atoms with E-state index in [9.17, 15) is 24.8 Å². The molecule has 21 heteroatoms. The Kier molecular flexibility index (Phi) is 20.3. The third-order valence-corrected chi connectivity index (χ3v) is 26.2. The summed E-state index contributed by atoms with van der Waals surface area (Å²) < 4.78 is 67.9. The molecule has 8 aliphatic rings. The van der Waals surface area contributed by atoms with Gasteiger partial charge in [-0.25, -0.2) is 17.6 Å². The maximum atomic E-state index is 15.1. The van der Waals surface area contributed by atoms with Crippen LogP contribution < -0.4 is 0 Å². The van der Waals surface area contributed by atoms with Crippen LogP contribution in [0.4, 0.5) is 17.6 Å². The molecule has 0 aliphatic carbocycles. The number of aryl methyl sites for hydroxylation is 3. The summed E-state index contributed by atoms with van der Waals surface area (Å²) in [4.78, 5) is 26.6. The highest BCUT2D eigenvalue weighted by Crippen LogP contribution is 2.46. The summed E-state index contributed by atoms with van der Waals surface area (Å²) in [6, 6.07) is 30.8. The van der Waals surface area contributed by atoms with E-state index in [-0.39, 0.29) is 29.8 Å². The highest BCUT2D eigenvalue weighted by molar-refractivity contribution is 6.31. The van der Waals surface area contributed by atoms with Crippen LogP contribution in [0.25, 0.3) is 43.6 Å². The maximum Gasteiger partial charge on any atom is 0.148 e. The van der Waals surface area contributed by atoms with Gasteiger partial charge in [0.15, 0.2) is 0 Å². The van der Waals surface area contributed by atoms with E-state index >= 15 is 13.2 Å². The Bertz CT molecular complexity index is 4850. The summed E-state index contributed by atoms with van der Waals surface area (Å²) in [5.74, 6) is -0.923. The van der Waals surface area contributed by atoms with Crippen LogP contribution in [0.5, 0.6) is 0 Å². The first-order chi connectivity index (χ1) is 53.7. The number of rotatable bonds is 12. The van der Waals surface area contributed by atoms with E-state index in [2.05, 4.69) is 60.8 Å². The number of benzene rings is 4. The van der Waals surface area contributed by atoms with E-state index in [1.807, 2.05) is 91.4 Å². The van der Waals surface area contributed by atoms with Gasteiger partial charge in [0.25, 0.3) is 0 Å². The lowest BCUT2D eigenvalue weighted by Gasteiger charge is -2.32. The minimum Gasteiger partial charge on any atom is -0.384 e. The van der Waals surface area contributed by atoms with Gasteiger partial charge in [0, 0.05) is 192 Å². The predicted molar refractivity (Wildman–Crippen MR) is 431 cm³/mol. The van der Waals surface area contributed by atoms with Crippen molar-refractivity contribution in [2.24, 2.45) is 0 Å². The Morgan fingerprint density at radius 3 is 1.05 bits per heavy atom. The third kappa shape index (κ3) is 14.3. The van der Waals surface area contributed by atoms with E-state index in [0.29, 0.717) is 65.4 Å². The molecule has 4 aromatic carbocycles. The minimum absolute atomic E-state index is 0.187. The van der Waals surface area contributed by atoms with Crippen molar-refractivity contribution < 1.29 is 38.0 Å². The van der Waals surface area contributed by atoms with E-state index in [0.717, 1.165) is 155 Å². The van der Waals surface area contributed by atoms with Crippen molar-refractivity contribution in [1.29, 1.82) is 0 Å². The zero-order valence-corrected chi connectivity index (χ0v) is 65.9. The van der Waals surface area contributed by atoms with Crippen molar-refractivity contribution in [3.8, 4) is 0 Å².